The van der Waals surface area contributed by atoms with Gasteiger partial charge in [0.25, 0.3) is 0 Å². The predicted octanol–water partition coefficient (Wildman–Crippen LogP) is 0.749. The average Bonchev–Trinajstić information content (AvgIpc) is 1.80. The quantitative estimate of drug-likeness (QED) is 0.581. The lowest BCUT2D eigenvalue weighted by molar-refractivity contribution is 0.667. The largest absolute Gasteiger partial charge is 0.364 e. The van der Waals surface area contributed by atoms with E-state index in [1.54, 1.807) is 0 Å². The molecule has 1 aliphatic heterocycles. The van der Waals surface area contributed by atoms with E-state index in [1.807, 2.05) is 6.92 Å². The van der Waals surface area contributed by atoms with Gasteiger partial charge in [0.1, 0.15) is 4.62 Å². The minimum atomic E-state index is 0.304. The van der Waals surface area contributed by atoms with E-state index in [1.165, 1.54) is 0 Å². The molecule has 50 valence electrons. The van der Waals surface area contributed by atoms with Gasteiger partial charge in [-0.2, -0.15) is 0 Å². The Morgan fingerprint density at radius 1 is 1.89 bits per heavy atom. The molecule has 4 heteroatoms. The highest BCUT2D eigenvalue weighted by atomic mass is 79.9. The third-order valence-electron chi connectivity index (χ3n) is 1.10. The van der Waals surface area contributed by atoms with Crippen molar-refractivity contribution in [1.82, 2.24) is 5.32 Å². The first-order valence-electron chi connectivity index (χ1n) is 2.75. The summed E-state index contributed by atoms with van der Waals surface area (Å²) in [5.41, 5.74) is 0. The number of hydrogen-bond acceptors (Lipinski definition) is 2. The van der Waals surface area contributed by atoms with E-state index >= 15 is 0 Å². The van der Waals surface area contributed by atoms with Crippen LogP contribution >= 0.6 is 15.9 Å². The fourth-order valence-electron chi connectivity index (χ4n) is 0.648. The fourth-order valence-corrected chi connectivity index (χ4v) is 0.907. The zero-order chi connectivity index (χ0) is 6.85. The van der Waals surface area contributed by atoms with E-state index in [0.29, 0.717) is 16.5 Å². The van der Waals surface area contributed by atoms with Crippen molar-refractivity contribution < 1.29 is 0 Å². The summed E-state index contributed by atoms with van der Waals surface area (Å²) in [5, 5.41) is 10.2. The Bertz CT molecular complexity index is 164. The summed E-state index contributed by atoms with van der Waals surface area (Å²) in [6.45, 7) is 2.75. The molecule has 2 N–H and O–H groups in total. The standard InChI is InChI=1S/C5H8BrN3/c1-3-2-8-4(6)5(7)9-3/h3H,2H2,1H3,(H2,7,9). The summed E-state index contributed by atoms with van der Waals surface area (Å²) >= 11 is 3.14. The van der Waals surface area contributed by atoms with E-state index < -0.39 is 0 Å². The molecule has 0 spiro atoms. The highest BCUT2D eigenvalue weighted by Gasteiger charge is 2.12. The molecular weight excluding hydrogens is 182 g/mol. The summed E-state index contributed by atoms with van der Waals surface area (Å²) in [6, 6.07) is 0.304. The molecule has 1 unspecified atom stereocenters. The first kappa shape index (κ1) is 6.74. The maximum Gasteiger partial charge on any atom is 0.151 e. The van der Waals surface area contributed by atoms with E-state index in [4.69, 9.17) is 5.41 Å². The Labute approximate surface area is 62.2 Å². The van der Waals surface area contributed by atoms with E-state index in [-0.39, 0.29) is 0 Å². The topological polar surface area (TPSA) is 48.2 Å². The molecule has 1 heterocycles. The van der Waals surface area contributed by atoms with Crippen LogP contribution in [0.25, 0.3) is 0 Å². The zero-order valence-corrected chi connectivity index (χ0v) is 6.70. The summed E-state index contributed by atoms with van der Waals surface area (Å²) in [5.74, 6) is 0.383. The van der Waals surface area contributed by atoms with Gasteiger partial charge in [-0.25, -0.2) is 0 Å². The van der Waals surface area contributed by atoms with E-state index in [0.717, 1.165) is 6.54 Å². The third-order valence-corrected chi connectivity index (χ3v) is 1.75. The normalized spacial score (nSPS) is 27.1. The molecule has 9 heavy (non-hydrogen) atoms. The molecule has 0 bridgehead atoms. The molecule has 0 aliphatic carbocycles. The molecule has 0 aromatic heterocycles. The van der Waals surface area contributed by atoms with Crippen molar-refractivity contribution >= 4 is 26.4 Å². The van der Waals surface area contributed by atoms with Crippen LogP contribution in [0.3, 0.4) is 0 Å². The number of aliphatic imine (C=N–C) groups is 1. The monoisotopic (exact) mass is 189 g/mol. The first-order valence-corrected chi connectivity index (χ1v) is 3.55. The summed E-state index contributed by atoms with van der Waals surface area (Å²) in [7, 11) is 0. The second-order valence-corrected chi connectivity index (χ2v) is 2.80. The van der Waals surface area contributed by atoms with Gasteiger partial charge in [0.15, 0.2) is 5.84 Å². The fraction of sp³-hybridized carbons (Fsp3) is 0.600. The smallest absolute Gasteiger partial charge is 0.151 e. The second-order valence-electron chi connectivity index (χ2n) is 2.05. The van der Waals surface area contributed by atoms with Crippen LogP contribution in [0, 0.1) is 5.41 Å². The summed E-state index contributed by atoms with van der Waals surface area (Å²) in [4.78, 5) is 4.04. The molecule has 1 atom stereocenters. The summed E-state index contributed by atoms with van der Waals surface area (Å²) < 4.78 is 0.626. The molecule has 0 aromatic carbocycles. The van der Waals surface area contributed by atoms with Gasteiger partial charge >= 0.3 is 0 Å². The van der Waals surface area contributed by atoms with Crippen LogP contribution in [-0.2, 0) is 0 Å². The molecular formula is C5H8BrN3. The van der Waals surface area contributed by atoms with Crippen molar-refractivity contribution in [3.8, 4) is 0 Å². The van der Waals surface area contributed by atoms with Gasteiger partial charge in [-0.1, -0.05) is 0 Å². The highest BCUT2D eigenvalue weighted by Crippen LogP contribution is 1.99. The SMILES string of the molecule is CC1CN=C(Br)C(=N)N1. The van der Waals surface area contributed by atoms with Crippen LogP contribution in [0.15, 0.2) is 4.99 Å². The molecule has 0 aromatic rings. The lowest BCUT2D eigenvalue weighted by atomic mass is 10.3. The number of nitrogens with one attached hydrogen (secondary N) is 2. The molecule has 3 nitrogen and oxygen atoms in total. The Kier molecular flexibility index (Phi) is 1.85. The van der Waals surface area contributed by atoms with Gasteiger partial charge in [-0.15, -0.1) is 0 Å². The van der Waals surface area contributed by atoms with Crippen LogP contribution in [0.5, 0.6) is 0 Å². The van der Waals surface area contributed by atoms with Gasteiger partial charge in [0.05, 0.1) is 6.54 Å². The molecule has 1 rings (SSSR count). The van der Waals surface area contributed by atoms with Crippen LogP contribution in [0.1, 0.15) is 6.92 Å². The third kappa shape index (κ3) is 1.51. The van der Waals surface area contributed by atoms with Crippen molar-refractivity contribution in [1.29, 1.82) is 5.41 Å². The van der Waals surface area contributed by atoms with Crippen molar-refractivity contribution in [3.63, 3.8) is 0 Å². The molecule has 0 saturated heterocycles. The van der Waals surface area contributed by atoms with Crippen LogP contribution in [0.2, 0.25) is 0 Å². The molecule has 0 fully saturated rings. The lowest BCUT2D eigenvalue weighted by Gasteiger charge is -2.17. The maximum atomic E-state index is 7.24. The van der Waals surface area contributed by atoms with E-state index in [2.05, 4.69) is 26.2 Å². The minimum Gasteiger partial charge on any atom is -0.364 e. The van der Waals surface area contributed by atoms with Crippen LogP contribution < -0.4 is 5.32 Å². The Balaban J connectivity index is 2.68. The Hall–Kier alpha value is -0.380. The predicted molar refractivity (Wildman–Crippen MR) is 41.6 cm³/mol. The van der Waals surface area contributed by atoms with Crippen LogP contribution in [0.4, 0.5) is 0 Å². The highest BCUT2D eigenvalue weighted by molar-refractivity contribution is 9.19. The van der Waals surface area contributed by atoms with Crippen LogP contribution in [-0.4, -0.2) is 23.0 Å². The number of nitrogens with zero attached hydrogens (tertiary/aromatic N) is 1. The minimum absolute atomic E-state index is 0.304. The number of amidine groups is 1. The number of rotatable bonds is 0. The Morgan fingerprint density at radius 3 is 3.00 bits per heavy atom. The van der Waals surface area contributed by atoms with Crippen molar-refractivity contribution in [2.24, 2.45) is 4.99 Å². The van der Waals surface area contributed by atoms with Crippen molar-refractivity contribution in [2.75, 3.05) is 6.54 Å². The van der Waals surface area contributed by atoms with Crippen molar-refractivity contribution in [3.05, 3.63) is 0 Å². The van der Waals surface area contributed by atoms with Crippen molar-refractivity contribution in [2.45, 2.75) is 13.0 Å². The van der Waals surface area contributed by atoms with Gasteiger partial charge in [0.2, 0.25) is 0 Å². The Morgan fingerprint density at radius 2 is 2.56 bits per heavy atom. The molecule has 1 aliphatic rings. The number of halogens is 1. The molecule has 0 saturated carbocycles. The zero-order valence-electron chi connectivity index (χ0n) is 5.11. The number of hydrogen-bond donors (Lipinski definition) is 2. The molecule has 0 amide bonds. The summed E-state index contributed by atoms with van der Waals surface area (Å²) in [6.07, 6.45) is 0. The average molecular weight is 190 g/mol. The van der Waals surface area contributed by atoms with Gasteiger partial charge in [-0.3, -0.25) is 10.4 Å². The molecule has 0 radical (unpaired) electrons. The maximum absolute atomic E-state index is 7.24. The second kappa shape index (κ2) is 2.47. The van der Waals surface area contributed by atoms with Gasteiger partial charge in [0, 0.05) is 6.04 Å². The van der Waals surface area contributed by atoms with E-state index in [9.17, 15) is 0 Å². The first-order chi connectivity index (χ1) is 4.20. The van der Waals surface area contributed by atoms with Gasteiger partial charge < -0.3 is 5.32 Å². The lowest BCUT2D eigenvalue weighted by Crippen LogP contribution is -2.41. The van der Waals surface area contributed by atoms with Gasteiger partial charge in [-0.05, 0) is 22.9 Å².